The van der Waals surface area contributed by atoms with Crippen molar-refractivity contribution in [1.82, 2.24) is 5.32 Å². The zero-order valence-electron chi connectivity index (χ0n) is 7.29. The van der Waals surface area contributed by atoms with Crippen molar-refractivity contribution in [2.45, 2.75) is 18.9 Å². The predicted molar refractivity (Wildman–Crippen MR) is 66.4 cm³/mol. The van der Waals surface area contributed by atoms with Gasteiger partial charge in [-0.15, -0.1) is 12.4 Å². The molecule has 0 bridgehead atoms. The van der Waals surface area contributed by atoms with Gasteiger partial charge in [0.1, 0.15) is 0 Å². The SMILES string of the molecule is Cl.Ic1cccc(C2CCCN2)c1. The summed E-state index contributed by atoms with van der Waals surface area (Å²) in [4.78, 5) is 0. The van der Waals surface area contributed by atoms with Gasteiger partial charge in [0, 0.05) is 9.61 Å². The van der Waals surface area contributed by atoms with E-state index < -0.39 is 0 Å². The predicted octanol–water partition coefficient (Wildman–Crippen LogP) is 3.14. The second kappa shape index (κ2) is 5.17. The minimum atomic E-state index is 0. The monoisotopic (exact) mass is 309 g/mol. The molecule has 0 saturated carbocycles. The van der Waals surface area contributed by atoms with E-state index in [-0.39, 0.29) is 12.4 Å². The molecule has 0 amide bonds. The summed E-state index contributed by atoms with van der Waals surface area (Å²) in [6.07, 6.45) is 2.61. The highest BCUT2D eigenvalue weighted by Gasteiger charge is 2.15. The lowest BCUT2D eigenvalue weighted by atomic mass is 10.1. The highest BCUT2D eigenvalue weighted by Crippen LogP contribution is 2.23. The molecule has 1 fully saturated rings. The van der Waals surface area contributed by atoms with Crippen LogP contribution in [0.5, 0.6) is 0 Å². The molecule has 1 atom stereocenters. The van der Waals surface area contributed by atoms with E-state index in [1.165, 1.54) is 28.5 Å². The van der Waals surface area contributed by atoms with Crippen molar-refractivity contribution in [2.75, 3.05) is 6.54 Å². The van der Waals surface area contributed by atoms with E-state index in [0.717, 1.165) is 0 Å². The van der Waals surface area contributed by atoms with Crippen LogP contribution in [0.15, 0.2) is 24.3 Å². The molecule has 3 heteroatoms. The topological polar surface area (TPSA) is 12.0 Å². The van der Waals surface area contributed by atoms with Gasteiger partial charge >= 0.3 is 0 Å². The molecule has 2 rings (SSSR count). The zero-order chi connectivity index (χ0) is 8.39. The first-order valence-electron chi connectivity index (χ1n) is 4.35. The fraction of sp³-hybridized carbons (Fsp3) is 0.400. The largest absolute Gasteiger partial charge is 0.310 e. The van der Waals surface area contributed by atoms with Gasteiger partial charge in [-0.2, -0.15) is 0 Å². The Morgan fingerprint density at radius 1 is 1.38 bits per heavy atom. The van der Waals surface area contributed by atoms with Gasteiger partial charge in [0.25, 0.3) is 0 Å². The Kier molecular flexibility index (Phi) is 4.49. The molecular formula is C10H13ClIN. The summed E-state index contributed by atoms with van der Waals surface area (Å²) < 4.78 is 1.33. The molecule has 1 N–H and O–H groups in total. The molecule has 1 heterocycles. The van der Waals surface area contributed by atoms with Crippen LogP contribution < -0.4 is 5.32 Å². The lowest BCUT2D eigenvalue weighted by Gasteiger charge is -2.10. The summed E-state index contributed by atoms with van der Waals surface area (Å²) in [5.41, 5.74) is 1.44. The number of hydrogen-bond acceptors (Lipinski definition) is 1. The summed E-state index contributed by atoms with van der Waals surface area (Å²) >= 11 is 2.36. The van der Waals surface area contributed by atoms with Crippen molar-refractivity contribution >= 4 is 35.0 Å². The zero-order valence-corrected chi connectivity index (χ0v) is 10.3. The average molecular weight is 310 g/mol. The maximum absolute atomic E-state index is 3.50. The van der Waals surface area contributed by atoms with Crippen LogP contribution in [0.4, 0.5) is 0 Å². The number of benzene rings is 1. The maximum atomic E-state index is 3.50. The fourth-order valence-corrected chi connectivity index (χ4v) is 2.26. The van der Waals surface area contributed by atoms with Gasteiger partial charge in [-0.3, -0.25) is 0 Å². The van der Waals surface area contributed by atoms with Crippen LogP contribution in [-0.2, 0) is 0 Å². The molecule has 13 heavy (non-hydrogen) atoms. The molecule has 1 nitrogen and oxygen atoms in total. The molecule has 0 aromatic heterocycles. The second-order valence-electron chi connectivity index (χ2n) is 3.20. The number of hydrogen-bond donors (Lipinski definition) is 1. The molecule has 0 spiro atoms. The normalized spacial score (nSPS) is 21.2. The summed E-state index contributed by atoms with van der Waals surface area (Å²) in [5, 5.41) is 3.50. The quantitative estimate of drug-likeness (QED) is 0.786. The Balaban J connectivity index is 0.000000845. The molecule has 1 aliphatic heterocycles. The van der Waals surface area contributed by atoms with Gasteiger partial charge in [-0.05, 0) is 59.7 Å². The molecule has 1 saturated heterocycles. The van der Waals surface area contributed by atoms with Crippen LogP contribution in [0.3, 0.4) is 0 Å². The van der Waals surface area contributed by atoms with Crippen molar-refractivity contribution < 1.29 is 0 Å². The standard InChI is InChI=1S/C10H12IN.ClH/c11-9-4-1-3-8(7-9)10-5-2-6-12-10;/h1,3-4,7,10,12H,2,5-6H2;1H. The van der Waals surface area contributed by atoms with Crippen LogP contribution in [0.25, 0.3) is 0 Å². The van der Waals surface area contributed by atoms with E-state index in [1.807, 2.05) is 0 Å². The third-order valence-corrected chi connectivity index (χ3v) is 2.98. The number of nitrogens with one attached hydrogen (secondary N) is 1. The first-order valence-corrected chi connectivity index (χ1v) is 5.43. The average Bonchev–Trinajstić information content (AvgIpc) is 2.56. The molecule has 72 valence electrons. The molecule has 1 aliphatic rings. The van der Waals surface area contributed by atoms with Crippen LogP contribution in [0.1, 0.15) is 24.4 Å². The van der Waals surface area contributed by atoms with Crippen LogP contribution in [-0.4, -0.2) is 6.54 Å². The Hall–Kier alpha value is 0.200. The Morgan fingerprint density at radius 3 is 2.85 bits per heavy atom. The summed E-state index contributed by atoms with van der Waals surface area (Å²) in [6.45, 7) is 1.18. The molecule has 1 unspecified atom stereocenters. The Morgan fingerprint density at radius 2 is 2.23 bits per heavy atom. The lowest BCUT2D eigenvalue weighted by Crippen LogP contribution is -2.12. The van der Waals surface area contributed by atoms with E-state index in [0.29, 0.717) is 6.04 Å². The van der Waals surface area contributed by atoms with Gasteiger partial charge < -0.3 is 5.32 Å². The van der Waals surface area contributed by atoms with Gasteiger partial charge in [0.05, 0.1) is 0 Å². The van der Waals surface area contributed by atoms with Crippen LogP contribution in [0.2, 0.25) is 0 Å². The molecule has 1 aromatic carbocycles. The number of halogens is 2. The minimum Gasteiger partial charge on any atom is -0.310 e. The van der Waals surface area contributed by atoms with E-state index in [1.54, 1.807) is 0 Å². The minimum absolute atomic E-state index is 0. The Labute approximate surface area is 98.9 Å². The van der Waals surface area contributed by atoms with E-state index in [4.69, 9.17) is 0 Å². The summed E-state index contributed by atoms with van der Waals surface area (Å²) in [5.74, 6) is 0. The summed E-state index contributed by atoms with van der Waals surface area (Å²) in [6, 6.07) is 9.37. The maximum Gasteiger partial charge on any atom is 0.0321 e. The van der Waals surface area contributed by atoms with E-state index in [9.17, 15) is 0 Å². The van der Waals surface area contributed by atoms with Crippen molar-refractivity contribution in [2.24, 2.45) is 0 Å². The third kappa shape index (κ3) is 2.82. The van der Waals surface area contributed by atoms with Gasteiger partial charge in [-0.25, -0.2) is 0 Å². The molecule has 0 radical (unpaired) electrons. The van der Waals surface area contributed by atoms with E-state index >= 15 is 0 Å². The van der Waals surface area contributed by atoms with Crippen molar-refractivity contribution in [3.63, 3.8) is 0 Å². The highest BCUT2D eigenvalue weighted by molar-refractivity contribution is 14.1. The first-order chi connectivity index (χ1) is 5.86. The van der Waals surface area contributed by atoms with Gasteiger partial charge in [0.2, 0.25) is 0 Å². The van der Waals surface area contributed by atoms with E-state index in [2.05, 4.69) is 52.2 Å². The first kappa shape index (κ1) is 11.3. The van der Waals surface area contributed by atoms with Crippen LogP contribution >= 0.6 is 35.0 Å². The molecule has 1 aromatic rings. The fourth-order valence-electron chi connectivity index (χ4n) is 1.69. The molecular weight excluding hydrogens is 296 g/mol. The van der Waals surface area contributed by atoms with Gasteiger partial charge in [-0.1, -0.05) is 12.1 Å². The molecule has 0 aliphatic carbocycles. The number of rotatable bonds is 1. The van der Waals surface area contributed by atoms with Gasteiger partial charge in [0.15, 0.2) is 0 Å². The Bertz CT molecular complexity index is 271. The van der Waals surface area contributed by atoms with Crippen molar-refractivity contribution in [3.05, 3.63) is 33.4 Å². The lowest BCUT2D eigenvalue weighted by molar-refractivity contribution is 0.647. The highest BCUT2D eigenvalue weighted by atomic mass is 127. The van der Waals surface area contributed by atoms with Crippen molar-refractivity contribution in [1.29, 1.82) is 0 Å². The summed E-state index contributed by atoms with van der Waals surface area (Å²) in [7, 11) is 0. The second-order valence-corrected chi connectivity index (χ2v) is 4.45. The smallest absolute Gasteiger partial charge is 0.0321 e. The van der Waals surface area contributed by atoms with Crippen molar-refractivity contribution in [3.8, 4) is 0 Å². The third-order valence-electron chi connectivity index (χ3n) is 2.31. The van der Waals surface area contributed by atoms with Crippen LogP contribution in [0, 0.1) is 3.57 Å².